The summed E-state index contributed by atoms with van der Waals surface area (Å²) in [5.74, 6) is 0.593. The van der Waals surface area contributed by atoms with E-state index in [4.69, 9.17) is 16.6 Å². The normalized spacial score (nSPS) is 19.1. The molecule has 2 aliphatic rings. The zero-order valence-electron chi connectivity index (χ0n) is 15.6. The van der Waals surface area contributed by atoms with Crippen LogP contribution in [0, 0.1) is 16.7 Å². The molecule has 1 saturated heterocycles. The monoisotopic (exact) mass is 368 g/mol. The lowest BCUT2D eigenvalue weighted by molar-refractivity contribution is -0.136. The molecule has 2 fully saturated rings. The van der Waals surface area contributed by atoms with Crippen molar-refractivity contribution >= 4 is 29.6 Å². The lowest BCUT2D eigenvalue weighted by atomic mass is 10.0. The second kappa shape index (κ2) is 8.79. The molecule has 1 amide bonds. The summed E-state index contributed by atoms with van der Waals surface area (Å²) in [6.45, 7) is 1.59. The number of rotatable bonds is 6. The fraction of sp³-hybridized carbons (Fsp3) is 0.500. The molecule has 0 bridgehead atoms. The van der Waals surface area contributed by atoms with Crippen molar-refractivity contribution < 1.29 is 4.79 Å². The molecule has 0 atom stereocenters. The van der Waals surface area contributed by atoms with Gasteiger partial charge in [-0.2, -0.15) is 0 Å². The van der Waals surface area contributed by atoms with Crippen molar-refractivity contribution in [3.8, 4) is 0 Å². The van der Waals surface area contributed by atoms with Crippen molar-refractivity contribution in [3.05, 3.63) is 29.7 Å². The maximum absolute atomic E-state index is 12.5. The molecule has 0 unspecified atom stereocenters. The topological polar surface area (TPSA) is 119 Å². The van der Waals surface area contributed by atoms with Crippen molar-refractivity contribution in [3.63, 3.8) is 0 Å². The number of carbonyl (C=O) groups is 1. The number of piperidine rings is 1. The van der Waals surface area contributed by atoms with Gasteiger partial charge in [0.15, 0.2) is 0 Å². The van der Waals surface area contributed by atoms with Crippen molar-refractivity contribution in [2.24, 2.45) is 5.92 Å². The fourth-order valence-corrected chi connectivity index (χ4v) is 3.88. The number of aromatic nitrogens is 1. The Bertz CT molecular complexity index is 730. The van der Waals surface area contributed by atoms with Crippen molar-refractivity contribution in [1.82, 2.24) is 15.2 Å². The molecule has 144 valence electrons. The van der Waals surface area contributed by atoms with Crippen LogP contribution in [0.15, 0.2) is 18.5 Å². The number of carbonyl (C=O) groups excluding carboxylic acids is 1. The SMILES string of the molecule is N=C/C(=C\NC1CCN(C(=O)C2CCCC2)CC1)c1cnc(C=N)c(N)c1. The molecule has 1 saturated carbocycles. The van der Waals surface area contributed by atoms with Crippen LogP contribution in [0.4, 0.5) is 5.69 Å². The number of likely N-dealkylation sites (tertiary alicyclic amines) is 1. The number of pyridine rings is 1. The van der Waals surface area contributed by atoms with E-state index in [1.54, 1.807) is 12.3 Å². The quantitative estimate of drug-likeness (QED) is 0.577. The number of nitrogens with one attached hydrogen (secondary N) is 3. The van der Waals surface area contributed by atoms with Gasteiger partial charge in [0.05, 0.1) is 5.69 Å². The molecule has 5 N–H and O–H groups in total. The standard InChI is InChI=1S/C20H28N6O/c21-10-16(15-9-18(23)19(11-22)25-12-15)13-24-17-5-7-26(8-6-17)20(27)14-3-1-2-4-14/h9-14,17,21-22,24H,1-8,23H2/b16-13+,21-10?,22-11?. The minimum absolute atomic E-state index is 0.251. The molecular formula is C20H28N6O. The molecule has 3 rings (SSSR count). The highest BCUT2D eigenvalue weighted by molar-refractivity contribution is 6.08. The van der Waals surface area contributed by atoms with Gasteiger partial charge in [-0.15, -0.1) is 0 Å². The second-order valence-corrected chi connectivity index (χ2v) is 7.33. The average molecular weight is 368 g/mol. The highest BCUT2D eigenvalue weighted by Crippen LogP contribution is 2.27. The number of anilines is 1. The Kier molecular flexibility index (Phi) is 6.21. The number of amides is 1. The van der Waals surface area contributed by atoms with Crippen LogP contribution >= 0.6 is 0 Å². The molecular weight excluding hydrogens is 340 g/mol. The van der Waals surface area contributed by atoms with Crippen LogP contribution in [0.2, 0.25) is 0 Å². The summed E-state index contributed by atoms with van der Waals surface area (Å²) in [5, 5.41) is 18.3. The Balaban J connectivity index is 1.55. The Hall–Kier alpha value is -2.70. The maximum Gasteiger partial charge on any atom is 0.225 e. The number of hydrogen-bond acceptors (Lipinski definition) is 6. The lowest BCUT2D eigenvalue weighted by Gasteiger charge is -2.33. The highest BCUT2D eigenvalue weighted by Gasteiger charge is 2.29. The number of nitrogens with two attached hydrogens (primary N) is 1. The van der Waals surface area contributed by atoms with E-state index in [-0.39, 0.29) is 5.92 Å². The summed E-state index contributed by atoms with van der Waals surface area (Å²) >= 11 is 0. The summed E-state index contributed by atoms with van der Waals surface area (Å²) in [6, 6.07) is 2.02. The van der Waals surface area contributed by atoms with E-state index in [0.29, 0.717) is 28.9 Å². The van der Waals surface area contributed by atoms with Crippen LogP contribution in [-0.4, -0.2) is 47.4 Å². The Morgan fingerprint density at radius 1 is 1.22 bits per heavy atom. The molecule has 27 heavy (non-hydrogen) atoms. The van der Waals surface area contributed by atoms with Crippen LogP contribution in [0.25, 0.3) is 5.57 Å². The minimum Gasteiger partial charge on any atom is -0.397 e. The minimum atomic E-state index is 0.251. The predicted octanol–water partition coefficient (Wildman–Crippen LogP) is 2.42. The van der Waals surface area contributed by atoms with Gasteiger partial charge in [-0.25, -0.2) is 0 Å². The van der Waals surface area contributed by atoms with E-state index >= 15 is 0 Å². The van der Waals surface area contributed by atoms with Gasteiger partial charge in [0.1, 0.15) is 5.69 Å². The first-order chi connectivity index (χ1) is 13.1. The average Bonchev–Trinajstić information content (AvgIpc) is 3.23. The van der Waals surface area contributed by atoms with Crippen molar-refractivity contribution in [2.75, 3.05) is 18.8 Å². The van der Waals surface area contributed by atoms with E-state index in [1.165, 1.54) is 19.1 Å². The van der Waals surface area contributed by atoms with Crippen LogP contribution in [0.1, 0.15) is 49.8 Å². The smallest absolute Gasteiger partial charge is 0.225 e. The van der Waals surface area contributed by atoms with Gasteiger partial charge in [0.25, 0.3) is 0 Å². The van der Waals surface area contributed by atoms with Gasteiger partial charge >= 0.3 is 0 Å². The van der Waals surface area contributed by atoms with Crippen LogP contribution in [0.5, 0.6) is 0 Å². The van der Waals surface area contributed by atoms with Gasteiger partial charge in [-0.05, 0) is 31.7 Å². The summed E-state index contributed by atoms with van der Waals surface area (Å²) in [5.41, 5.74) is 8.17. The zero-order valence-corrected chi connectivity index (χ0v) is 15.6. The molecule has 1 aromatic rings. The third-order valence-electron chi connectivity index (χ3n) is 5.56. The van der Waals surface area contributed by atoms with Crippen LogP contribution < -0.4 is 11.1 Å². The zero-order chi connectivity index (χ0) is 19.2. The van der Waals surface area contributed by atoms with Gasteiger partial charge in [0, 0.05) is 61.0 Å². The van der Waals surface area contributed by atoms with E-state index in [2.05, 4.69) is 10.3 Å². The Morgan fingerprint density at radius 3 is 2.52 bits per heavy atom. The molecule has 7 nitrogen and oxygen atoms in total. The largest absolute Gasteiger partial charge is 0.397 e. The van der Waals surface area contributed by atoms with Gasteiger partial charge in [0.2, 0.25) is 5.91 Å². The Morgan fingerprint density at radius 2 is 1.93 bits per heavy atom. The van der Waals surface area contributed by atoms with E-state index in [1.807, 2.05) is 11.1 Å². The van der Waals surface area contributed by atoms with Gasteiger partial charge in [-0.3, -0.25) is 9.78 Å². The Labute approximate surface area is 160 Å². The fourth-order valence-electron chi connectivity index (χ4n) is 3.88. The van der Waals surface area contributed by atoms with Crippen molar-refractivity contribution in [1.29, 1.82) is 10.8 Å². The molecule has 0 radical (unpaired) electrons. The molecule has 0 aromatic carbocycles. The first-order valence-electron chi connectivity index (χ1n) is 9.64. The molecule has 1 aromatic heterocycles. The molecule has 7 heteroatoms. The number of nitrogen functional groups attached to an aromatic ring is 1. The predicted molar refractivity (Wildman–Crippen MR) is 108 cm³/mol. The van der Waals surface area contributed by atoms with E-state index in [9.17, 15) is 4.79 Å². The highest BCUT2D eigenvalue weighted by atomic mass is 16.2. The third-order valence-corrected chi connectivity index (χ3v) is 5.56. The number of hydrogen-bond donors (Lipinski definition) is 4. The second-order valence-electron chi connectivity index (χ2n) is 7.33. The van der Waals surface area contributed by atoms with Gasteiger partial charge < -0.3 is 26.8 Å². The summed E-state index contributed by atoms with van der Waals surface area (Å²) < 4.78 is 0. The molecule has 0 spiro atoms. The van der Waals surface area contributed by atoms with Gasteiger partial charge in [-0.1, -0.05) is 12.8 Å². The van der Waals surface area contributed by atoms with Crippen LogP contribution in [-0.2, 0) is 4.79 Å². The summed E-state index contributed by atoms with van der Waals surface area (Å²) in [7, 11) is 0. The third kappa shape index (κ3) is 4.53. The summed E-state index contributed by atoms with van der Waals surface area (Å²) in [4.78, 5) is 18.7. The molecule has 1 aliphatic heterocycles. The molecule has 2 heterocycles. The van der Waals surface area contributed by atoms with Crippen LogP contribution in [0.3, 0.4) is 0 Å². The lowest BCUT2D eigenvalue weighted by Crippen LogP contribution is -2.45. The number of allylic oxidation sites excluding steroid dienone is 1. The first-order valence-corrected chi connectivity index (χ1v) is 9.64. The van der Waals surface area contributed by atoms with E-state index in [0.717, 1.165) is 50.6 Å². The first kappa shape index (κ1) is 19.1. The molecule has 1 aliphatic carbocycles. The van der Waals surface area contributed by atoms with E-state index < -0.39 is 0 Å². The van der Waals surface area contributed by atoms with Crippen molar-refractivity contribution in [2.45, 2.75) is 44.6 Å². The summed E-state index contributed by atoms with van der Waals surface area (Å²) in [6.07, 6.45) is 12.1. The maximum atomic E-state index is 12.5. The number of nitrogens with zero attached hydrogens (tertiary/aromatic N) is 2.